The lowest BCUT2D eigenvalue weighted by Gasteiger charge is -2.29. The first-order valence-corrected chi connectivity index (χ1v) is 8.68. The number of hydrogen-bond acceptors (Lipinski definition) is 4. The molecule has 5 nitrogen and oxygen atoms in total. The normalized spacial score (nSPS) is 16.2. The number of anilines is 1. The van der Waals surface area contributed by atoms with Gasteiger partial charge in [-0.05, 0) is 60.1 Å². The first-order valence-electron chi connectivity index (χ1n) is 7.89. The number of phenolic OH excluding ortho intramolecular Hbond substituents is 1. The van der Waals surface area contributed by atoms with Gasteiger partial charge in [0, 0.05) is 0 Å². The molecule has 7 heteroatoms. The summed E-state index contributed by atoms with van der Waals surface area (Å²) in [5.41, 5.74) is 2.15. The average Bonchev–Trinajstić information content (AvgIpc) is 2.62. The Morgan fingerprint density at radius 3 is 2.50 bits per heavy atom. The number of aryl methyl sites for hydroxylation is 1. The number of benzene rings is 2. The lowest BCUT2D eigenvalue weighted by molar-refractivity contribution is -0.122. The van der Waals surface area contributed by atoms with Gasteiger partial charge in [0.2, 0.25) is 0 Å². The van der Waals surface area contributed by atoms with E-state index in [1.165, 1.54) is 23.1 Å². The van der Waals surface area contributed by atoms with Crippen LogP contribution in [0.1, 0.15) is 18.1 Å². The minimum atomic E-state index is -0.578. The Balaban J connectivity index is 1.99. The highest BCUT2D eigenvalue weighted by Crippen LogP contribution is 2.26. The van der Waals surface area contributed by atoms with E-state index in [-0.39, 0.29) is 21.5 Å². The fourth-order valence-corrected chi connectivity index (χ4v) is 3.02. The van der Waals surface area contributed by atoms with Gasteiger partial charge in [-0.3, -0.25) is 19.8 Å². The van der Waals surface area contributed by atoms with Crippen molar-refractivity contribution in [2.24, 2.45) is 0 Å². The molecule has 1 heterocycles. The molecule has 132 valence electrons. The molecule has 1 aliphatic rings. The van der Waals surface area contributed by atoms with Crippen LogP contribution in [0.3, 0.4) is 0 Å². The molecule has 26 heavy (non-hydrogen) atoms. The molecule has 0 saturated carbocycles. The Hall–Kier alpha value is -2.70. The van der Waals surface area contributed by atoms with Crippen LogP contribution >= 0.6 is 23.8 Å². The van der Waals surface area contributed by atoms with Gasteiger partial charge in [0.25, 0.3) is 11.8 Å². The number of amides is 2. The highest BCUT2D eigenvalue weighted by Gasteiger charge is 2.34. The summed E-state index contributed by atoms with van der Waals surface area (Å²) in [5.74, 6) is -1.18. The summed E-state index contributed by atoms with van der Waals surface area (Å²) in [5, 5.41) is 12.2. The van der Waals surface area contributed by atoms with Crippen molar-refractivity contribution in [3.63, 3.8) is 0 Å². The molecule has 0 aliphatic carbocycles. The maximum Gasteiger partial charge on any atom is 0.270 e. The molecule has 0 bridgehead atoms. The molecular formula is C19H15ClN2O3S. The van der Waals surface area contributed by atoms with Crippen LogP contribution in [0.25, 0.3) is 6.08 Å². The summed E-state index contributed by atoms with van der Waals surface area (Å²) < 4.78 is 0. The van der Waals surface area contributed by atoms with Crippen LogP contribution in [-0.4, -0.2) is 22.0 Å². The molecule has 1 aliphatic heterocycles. The number of phenols is 1. The van der Waals surface area contributed by atoms with E-state index in [9.17, 15) is 14.7 Å². The number of nitrogens with zero attached hydrogens (tertiary/aromatic N) is 1. The summed E-state index contributed by atoms with van der Waals surface area (Å²) in [4.78, 5) is 26.4. The van der Waals surface area contributed by atoms with Crippen molar-refractivity contribution >= 4 is 52.5 Å². The monoisotopic (exact) mass is 386 g/mol. The molecule has 0 radical (unpaired) electrons. The number of rotatable bonds is 3. The number of aromatic hydroxyl groups is 1. The van der Waals surface area contributed by atoms with Crippen molar-refractivity contribution in [1.29, 1.82) is 0 Å². The third-order valence-electron chi connectivity index (χ3n) is 3.99. The van der Waals surface area contributed by atoms with Crippen LogP contribution in [0.4, 0.5) is 5.69 Å². The fraction of sp³-hybridized carbons (Fsp3) is 0.105. The van der Waals surface area contributed by atoms with Crippen LogP contribution in [0, 0.1) is 0 Å². The van der Waals surface area contributed by atoms with Gasteiger partial charge in [-0.15, -0.1) is 0 Å². The zero-order valence-corrected chi connectivity index (χ0v) is 15.4. The van der Waals surface area contributed by atoms with Crippen LogP contribution in [0.2, 0.25) is 5.02 Å². The van der Waals surface area contributed by atoms with E-state index in [4.69, 9.17) is 23.8 Å². The molecule has 0 aromatic heterocycles. The SMILES string of the molecule is CCc1ccc(N2C(=O)/C(=C\c3ccc(O)c(Cl)c3)C(=O)NC2=S)cc1. The van der Waals surface area contributed by atoms with Gasteiger partial charge in [-0.1, -0.05) is 36.7 Å². The van der Waals surface area contributed by atoms with E-state index in [0.717, 1.165) is 12.0 Å². The van der Waals surface area contributed by atoms with E-state index < -0.39 is 11.8 Å². The topological polar surface area (TPSA) is 69.6 Å². The molecule has 1 saturated heterocycles. The minimum absolute atomic E-state index is 0.0325. The van der Waals surface area contributed by atoms with Crippen molar-refractivity contribution in [2.75, 3.05) is 4.90 Å². The van der Waals surface area contributed by atoms with Gasteiger partial charge < -0.3 is 5.11 Å². The molecule has 3 rings (SSSR count). The maximum absolute atomic E-state index is 12.9. The molecule has 0 spiro atoms. The van der Waals surface area contributed by atoms with Crippen molar-refractivity contribution < 1.29 is 14.7 Å². The predicted molar refractivity (Wildman–Crippen MR) is 105 cm³/mol. The highest BCUT2D eigenvalue weighted by molar-refractivity contribution is 7.80. The number of carbonyl (C=O) groups is 2. The van der Waals surface area contributed by atoms with E-state index in [0.29, 0.717) is 11.3 Å². The standard InChI is InChI=1S/C19H15ClN2O3S/c1-2-11-3-6-13(7-4-11)22-18(25)14(17(24)21-19(22)26)9-12-5-8-16(23)15(20)10-12/h3-10,23H,2H2,1H3,(H,21,24,26)/b14-9-. The van der Waals surface area contributed by atoms with E-state index in [1.54, 1.807) is 18.2 Å². The van der Waals surface area contributed by atoms with E-state index >= 15 is 0 Å². The van der Waals surface area contributed by atoms with Crippen molar-refractivity contribution in [2.45, 2.75) is 13.3 Å². The predicted octanol–water partition coefficient (Wildman–Crippen LogP) is 3.44. The second kappa shape index (κ2) is 7.27. The summed E-state index contributed by atoms with van der Waals surface area (Å²) in [6, 6.07) is 11.8. The Labute approximate surface area is 160 Å². The molecule has 2 N–H and O–H groups in total. The number of hydrogen-bond donors (Lipinski definition) is 2. The first kappa shape index (κ1) is 18.1. The van der Waals surface area contributed by atoms with E-state index in [1.807, 2.05) is 19.1 Å². The second-order valence-electron chi connectivity index (χ2n) is 5.69. The maximum atomic E-state index is 12.9. The number of halogens is 1. The average molecular weight is 387 g/mol. The minimum Gasteiger partial charge on any atom is -0.506 e. The summed E-state index contributed by atoms with van der Waals surface area (Å²) in [6.45, 7) is 2.04. The van der Waals surface area contributed by atoms with Crippen LogP contribution < -0.4 is 10.2 Å². The van der Waals surface area contributed by atoms with Crippen LogP contribution in [0.15, 0.2) is 48.0 Å². The quantitative estimate of drug-likeness (QED) is 0.481. The molecule has 0 atom stereocenters. The zero-order valence-electron chi connectivity index (χ0n) is 13.8. The number of nitrogens with one attached hydrogen (secondary N) is 1. The molecule has 2 aromatic rings. The molecule has 2 amide bonds. The Morgan fingerprint density at radius 2 is 1.88 bits per heavy atom. The molecular weight excluding hydrogens is 372 g/mol. The molecule has 0 unspecified atom stereocenters. The third-order valence-corrected chi connectivity index (χ3v) is 4.57. The lowest BCUT2D eigenvalue weighted by atomic mass is 10.1. The Morgan fingerprint density at radius 1 is 1.19 bits per heavy atom. The van der Waals surface area contributed by atoms with Gasteiger partial charge >= 0.3 is 0 Å². The van der Waals surface area contributed by atoms with Gasteiger partial charge in [-0.25, -0.2) is 0 Å². The zero-order chi connectivity index (χ0) is 18.8. The van der Waals surface area contributed by atoms with Crippen molar-refractivity contribution in [3.8, 4) is 5.75 Å². The van der Waals surface area contributed by atoms with Gasteiger partial charge in [0.15, 0.2) is 5.11 Å². The van der Waals surface area contributed by atoms with Gasteiger partial charge in [0.05, 0.1) is 10.7 Å². The molecule has 1 fully saturated rings. The van der Waals surface area contributed by atoms with Crippen LogP contribution in [-0.2, 0) is 16.0 Å². The summed E-state index contributed by atoms with van der Waals surface area (Å²) in [7, 11) is 0. The largest absolute Gasteiger partial charge is 0.506 e. The Kier molecular flexibility index (Phi) is 5.06. The first-order chi connectivity index (χ1) is 12.4. The Bertz CT molecular complexity index is 938. The van der Waals surface area contributed by atoms with Gasteiger partial charge in [0.1, 0.15) is 11.3 Å². The van der Waals surface area contributed by atoms with Gasteiger partial charge in [-0.2, -0.15) is 0 Å². The van der Waals surface area contributed by atoms with Crippen molar-refractivity contribution in [3.05, 3.63) is 64.2 Å². The number of thiocarbonyl (C=S) groups is 1. The summed E-state index contributed by atoms with van der Waals surface area (Å²) in [6.07, 6.45) is 2.29. The molecule has 2 aromatic carbocycles. The number of carbonyl (C=O) groups excluding carboxylic acids is 2. The van der Waals surface area contributed by atoms with Crippen molar-refractivity contribution in [1.82, 2.24) is 5.32 Å². The lowest BCUT2D eigenvalue weighted by Crippen LogP contribution is -2.54. The second-order valence-corrected chi connectivity index (χ2v) is 6.48. The fourth-order valence-electron chi connectivity index (χ4n) is 2.55. The summed E-state index contributed by atoms with van der Waals surface area (Å²) >= 11 is 11.1. The highest BCUT2D eigenvalue weighted by atomic mass is 35.5. The van der Waals surface area contributed by atoms with Crippen LogP contribution in [0.5, 0.6) is 5.75 Å². The van der Waals surface area contributed by atoms with E-state index in [2.05, 4.69) is 5.32 Å². The third kappa shape index (κ3) is 3.47. The smallest absolute Gasteiger partial charge is 0.270 e.